The van der Waals surface area contributed by atoms with Crippen molar-refractivity contribution in [3.8, 4) is 0 Å². The van der Waals surface area contributed by atoms with Crippen LogP contribution in [0.3, 0.4) is 0 Å². The molecule has 0 bridgehead atoms. The Hall–Kier alpha value is -1.40. The molecule has 0 aliphatic carbocycles. The van der Waals surface area contributed by atoms with Crippen molar-refractivity contribution in [2.45, 2.75) is 19.8 Å². The third kappa shape index (κ3) is 3.54. The zero-order chi connectivity index (χ0) is 13.0. The van der Waals surface area contributed by atoms with Crippen LogP contribution in [0.4, 0.5) is 0 Å². The smallest absolute Gasteiger partial charge is 0.225 e. The van der Waals surface area contributed by atoms with Crippen LogP contribution in [0.15, 0.2) is 22.8 Å². The molecule has 1 amide bonds. The Kier molecular flexibility index (Phi) is 4.33. The van der Waals surface area contributed by atoms with E-state index in [1.165, 1.54) is 11.3 Å². The van der Waals surface area contributed by atoms with Crippen molar-refractivity contribution in [2.24, 2.45) is 0 Å². The molecular formula is C12H14N2O2S2. The third-order valence-electron chi connectivity index (χ3n) is 2.52. The van der Waals surface area contributed by atoms with Gasteiger partial charge in [-0.1, -0.05) is 0 Å². The fraction of sp³-hybridized carbons (Fsp3) is 0.333. The van der Waals surface area contributed by atoms with Crippen molar-refractivity contribution in [1.29, 1.82) is 0 Å². The fourth-order valence-electron chi connectivity index (χ4n) is 1.59. The SMILES string of the molecule is Cc1[nH]c(=S)sc1CC(=O)NCCc1ccco1. The molecule has 0 radical (unpaired) electrons. The summed E-state index contributed by atoms with van der Waals surface area (Å²) in [5.41, 5.74) is 0.978. The molecule has 0 saturated heterocycles. The Morgan fingerprint density at radius 2 is 2.44 bits per heavy atom. The molecule has 2 N–H and O–H groups in total. The summed E-state index contributed by atoms with van der Waals surface area (Å²) in [7, 11) is 0. The van der Waals surface area contributed by atoms with Crippen LogP contribution in [0.1, 0.15) is 16.3 Å². The number of carbonyl (C=O) groups excluding carboxylic acids is 1. The molecule has 0 fully saturated rings. The first-order valence-electron chi connectivity index (χ1n) is 5.63. The highest BCUT2D eigenvalue weighted by molar-refractivity contribution is 7.73. The van der Waals surface area contributed by atoms with E-state index in [4.69, 9.17) is 16.6 Å². The first kappa shape index (κ1) is 13.0. The monoisotopic (exact) mass is 282 g/mol. The van der Waals surface area contributed by atoms with Crippen molar-refractivity contribution in [3.05, 3.63) is 38.7 Å². The average molecular weight is 282 g/mol. The molecule has 0 spiro atoms. The Morgan fingerprint density at radius 1 is 1.61 bits per heavy atom. The number of carbonyl (C=O) groups is 1. The van der Waals surface area contributed by atoms with E-state index >= 15 is 0 Å². The Labute approximate surface area is 114 Å². The maximum atomic E-state index is 11.7. The van der Waals surface area contributed by atoms with Gasteiger partial charge in [-0.3, -0.25) is 4.79 Å². The number of thiazole rings is 1. The largest absolute Gasteiger partial charge is 0.469 e. The van der Waals surface area contributed by atoms with Gasteiger partial charge in [-0.25, -0.2) is 0 Å². The summed E-state index contributed by atoms with van der Waals surface area (Å²) in [6.45, 7) is 2.51. The number of amides is 1. The second kappa shape index (κ2) is 5.97. The molecule has 96 valence electrons. The molecule has 2 aromatic rings. The maximum absolute atomic E-state index is 11.7. The first-order chi connectivity index (χ1) is 8.65. The summed E-state index contributed by atoms with van der Waals surface area (Å²) in [5.74, 6) is 0.888. The molecule has 0 aromatic carbocycles. The van der Waals surface area contributed by atoms with Crippen molar-refractivity contribution in [3.63, 3.8) is 0 Å². The highest BCUT2D eigenvalue weighted by Crippen LogP contribution is 2.14. The van der Waals surface area contributed by atoms with Gasteiger partial charge in [-0.05, 0) is 31.3 Å². The number of aromatic nitrogens is 1. The summed E-state index contributed by atoms with van der Waals surface area (Å²) in [6.07, 6.45) is 2.72. The number of furan rings is 1. The Morgan fingerprint density at radius 3 is 3.06 bits per heavy atom. The number of aromatic amines is 1. The van der Waals surface area contributed by atoms with E-state index < -0.39 is 0 Å². The molecule has 6 heteroatoms. The fourth-order valence-corrected chi connectivity index (χ4v) is 2.88. The van der Waals surface area contributed by atoms with E-state index in [-0.39, 0.29) is 5.91 Å². The van der Waals surface area contributed by atoms with Crippen LogP contribution in [0.25, 0.3) is 0 Å². The lowest BCUT2D eigenvalue weighted by atomic mass is 10.3. The molecule has 0 atom stereocenters. The number of nitrogens with one attached hydrogen (secondary N) is 2. The quantitative estimate of drug-likeness (QED) is 0.829. The van der Waals surface area contributed by atoms with Gasteiger partial charge in [0.05, 0.1) is 12.7 Å². The molecule has 18 heavy (non-hydrogen) atoms. The lowest BCUT2D eigenvalue weighted by Gasteiger charge is -2.03. The van der Waals surface area contributed by atoms with E-state index in [1.54, 1.807) is 6.26 Å². The second-order valence-electron chi connectivity index (χ2n) is 3.92. The lowest BCUT2D eigenvalue weighted by Crippen LogP contribution is -2.27. The Bertz CT molecular complexity index is 569. The molecule has 2 aromatic heterocycles. The molecule has 2 rings (SSSR count). The van der Waals surface area contributed by atoms with E-state index in [0.29, 0.717) is 23.3 Å². The van der Waals surface area contributed by atoms with E-state index in [2.05, 4.69) is 10.3 Å². The normalized spacial score (nSPS) is 10.5. The van der Waals surface area contributed by atoms with Crippen LogP contribution in [-0.2, 0) is 17.6 Å². The van der Waals surface area contributed by atoms with E-state index in [1.807, 2.05) is 19.1 Å². The summed E-state index contributed by atoms with van der Waals surface area (Å²) in [6, 6.07) is 3.74. The topological polar surface area (TPSA) is 58.0 Å². The summed E-state index contributed by atoms with van der Waals surface area (Å²) >= 11 is 6.49. The number of aryl methyl sites for hydroxylation is 1. The molecular weight excluding hydrogens is 268 g/mol. The van der Waals surface area contributed by atoms with Gasteiger partial charge in [-0.15, -0.1) is 11.3 Å². The van der Waals surface area contributed by atoms with Gasteiger partial charge in [-0.2, -0.15) is 0 Å². The third-order valence-corrected chi connectivity index (χ3v) is 3.85. The van der Waals surface area contributed by atoms with Gasteiger partial charge in [0.2, 0.25) is 5.91 Å². The summed E-state index contributed by atoms with van der Waals surface area (Å²) in [5, 5.41) is 2.87. The van der Waals surface area contributed by atoms with Crippen LogP contribution < -0.4 is 5.32 Å². The second-order valence-corrected chi connectivity index (χ2v) is 5.69. The minimum Gasteiger partial charge on any atom is -0.469 e. The van der Waals surface area contributed by atoms with Crippen molar-refractivity contribution in [2.75, 3.05) is 6.54 Å². The van der Waals surface area contributed by atoms with Gasteiger partial charge >= 0.3 is 0 Å². The standard InChI is InChI=1S/C12H14N2O2S2/c1-8-10(18-12(17)14-8)7-11(15)13-5-4-9-3-2-6-16-9/h2-3,6H,4-5,7H2,1H3,(H,13,15)(H,14,17). The molecule has 0 aliphatic heterocycles. The highest BCUT2D eigenvalue weighted by atomic mass is 32.1. The van der Waals surface area contributed by atoms with E-state index in [0.717, 1.165) is 16.3 Å². The predicted octanol–water partition coefficient (Wildman–Crippen LogP) is 2.61. The molecule has 0 unspecified atom stereocenters. The molecule has 2 heterocycles. The van der Waals surface area contributed by atoms with Gasteiger partial charge in [0.25, 0.3) is 0 Å². The average Bonchev–Trinajstić information content (AvgIpc) is 2.90. The minimum atomic E-state index is 0.00917. The van der Waals surface area contributed by atoms with Crippen LogP contribution in [0.2, 0.25) is 0 Å². The van der Waals surface area contributed by atoms with Gasteiger partial charge < -0.3 is 14.7 Å². The van der Waals surface area contributed by atoms with Crippen LogP contribution >= 0.6 is 23.6 Å². The molecule has 4 nitrogen and oxygen atoms in total. The lowest BCUT2D eigenvalue weighted by molar-refractivity contribution is -0.120. The van der Waals surface area contributed by atoms with Crippen LogP contribution in [0.5, 0.6) is 0 Å². The van der Waals surface area contributed by atoms with Crippen LogP contribution in [-0.4, -0.2) is 17.4 Å². The number of hydrogen-bond acceptors (Lipinski definition) is 4. The predicted molar refractivity (Wildman–Crippen MR) is 73.4 cm³/mol. The van der Waals surface area contributed by atoms with Gasteiger partial charge in [0.1, 0.15) is 5.76 Å². The number of rotatable bonds is 5. The molecule has 0 aliphatic rings. The van der Waals surface area contributed by atoms with Crippen LogP contribution in [0, 0.1) is 10.9 Å². The van der Waals surface area contributed by atoms with E-state index in [9.17, 15) is 4.79 Å². The Balaban J connectivity index is 1.79. The van der Waals surface area contributed by atoms with Crippen molar-refractivity contribution < 1.29 is 9.21 Å². The maximum Gasteiger partial charge on any atom is 0.225 e. The summed E-state index contributed by atoms with van der Waals surface area (Å²) < 4.78 is 5.90. The zero-order valence-corrected chi connectivity index (χ0v) is 11.6. The van der Waals surface area contributed by atoms with Crippen molar-refractivity contribution in [1.82, 2.24) is 10.3 Å². The summed E-state index contributed by atoms with van der Waals surface area (Å²) in [4.78, 5) is 15.7. The number of H-pyrrole nitrogens is 1. The minimum absolute atomic E-state index is 0.00917. The van der Waals surface area contributed by atoms with Gasteiger partial charge in [0.15, 0.2) is 3.95 Å². The van der Waals surface area contributed by atoms with Crippen molar-refractivity contribution >= 4 is 29.5 Å². The first-order valence-corrected chi connectivity index (χ1v) is 6.85. The molecule has 0 saturated carbocycles. The zero-order valence-electron chi connectivity index (χ0n) is 9.99. The highest BCUT2D eigenvalue weighted by Gasteiger charge is 2.08. The number of hydrogen-bond donors (Lipinski definition) is 2. The van der Waals surface area contributed by atoms with Gasteiger partial charge in [0, 0.05) is 23.5 Å².